The van der Waals surface area contributed by atoms with Crippen molar-refractivity contribution in [2.75, 3.05) is 0 Å². The summed E-state index contributed by atoms with van der Waals surface area (Å²) in [6, 6.07) is 20.4. The summed E-state index contributed by atoms with van der Waals surface area (Å²) in [6.07, 6.45) is 0. The maximum absolute atomic E-state index is 4.73. The van der Waals surface area contributed by atoms with Crippen LogP contribution >= 0.6 is 0 Å². The second-order valence-electron chi connectivity index (χ2n) is 4.54. The van der Waals surface area contributed by atoms with E-state index < -0.39 is 0 Å². The highest BCUT2D eigenvalue weighted by Gasteiger charge is 2.22. The minimum atomic E-state index is 0.974. The number of aromatic nitrogens is 3. The molecular weight excluding hydrogens is 234 g/mol. The molecule has 0 spiro atoms. The van der Waals surface area contributed by atoms with Gasteiger partial charge in [0, 0.05) is 6.92 Å². The van der Waals surface area contributed by atoms with Gasteiger partial charge in [-0.1, -0.05) is 41.1 Å². The van der Waals surface area contributed by atoms with Gasteiger partial charge < -0.3 is 0 Å². The molecule has 19 heavy (non-hydrogen) atoms. The van der Waals surface area contributed by atoms with Crippen molar-refractivity contribution in [3.05, 3.63) is 66.5 Å². The zero-order chi connectivity index (χ0) is 13.2. The molecule has 0 aliphatic heterocycles. The standard InChI is InChI=1S/C16H16N3/c1-13-18(2)16(14-9-5-3-6-10-14)17-19(13)15-11-7-4-8-12-15/h3-12H,1-2H3/q+1. The number of hydrogen-bond acceptors (Lipinski definition) is 1. The van der Waals surface area contributed by atoms with E-state index in [1.165, 1.54) is 0 Å². The van der Waals surface area contributed by atoms with Crippen molar-refractivity contribution in [1.29, 1.82) is 0 Å². The van der Waals surface area contributed by atoms with Gasteiger partial charge in [-0.25, -0.2) is 4.57 Å². The topological polar surface area (TPSA) is 21.7 Å². The maximum atomic E-state index is 4.73. The van der Waals surface area contributed by atoms with E-state index in [1.807, 2.05) is 48.1 Å². The van der Waals surface area contributed by atoms with Gasteiger partial charge in [0.05, 0.1) is 17.7 Å². The van der Waals surface area contributed by atoms with Crippen molar-refractivity contribution in [2.45, 2.75) is 6.92 Å². The predicted molar refractivity (Wildman–Crippen MR) is 74.9 cm³/mol. The summed E-state index contributed by atoms with van der Waals surface area (Å²) in [7, 11) is 2.05. The molecule has 3 heteroatoms. The van der Waals surface area contributed by atoms with Crippen LogP contribution in [0.25, 0.3) is 17.1 Å². The van der Waals surface area contributed by atoms with Gasteiger partial charge in [-0.15, -0.1) is 0 Å². The maximum Gasteiger partial charge on any atom is 0.309 e. The van der Waals surface area contributed by atoms with E-state index in [1.54, 1.807) is 0 Å². The number of benzene rings is 2. The van der Waals surface area contributed by atoms with Crippen LogP contribution < -0.4 is 4.57 Å². The highest BCUT2D eigenvalue weighted by atomic mass is 15.4. The summed E-state index contributed by atoms with van der Waals surface area (Å²) < 4.78 is 4.09. The van der Waals surface area contributed by atoms with Gasteiger partial charge in [0.25, 0.3) is 0 Å². The molecule has 0 radical (unpaired) electrons. The number of rotatable bonds is 2. The van der Waals surface area contributed by atoms with Crippen LogP contribution in [0.1, 0.15) is 5.82 Å². The Morgan fingerprint density at radius 2 is 1.47 bits per heavy atom. The lowest BCUT2D eigenvalue weighted by atomic mass is 10.2. The Morgan fingerprint density at radius 3 is 2.11 bits per heavy atom. The van der Waals surface area contributed by atoms with Crippen LogP contribution in [0.4, 0.5) is 0 Å². The smallest absolute Gasteiger partial charge is 0.230 e. The Morgan fingerprint density at radius 1 is 0.895 bits per heavy atom. The zero-order valence-corrected chi connectivity index (χ0v) is 11.1. The monoisotopic (exact) mass is 250 g/mol. The molecular formula is C16H16N3+. The normalized spacial score (nSPS) is 10.6. The molecule has 1 heterocycles. The third kappa shape index (κ3) is 2.03. The summed E-state index contributed by atoms with van der Waals surface area (Å²) in [4.78, 5) is 0. The first-order valence-electron chi connectivity index (χ1n) is 6.34. The molecule has 0 fully saturated rings. The second-order valence-corrected chi connectivity index (χ2v) is 4.54. The third-order valence-corrected chi connectivity index (χ3v) is 3.34. The summed E-state index contributed by atoms with van der Waals surface area (Å²) in [5.74, 6) is 2.08. The molecule has 2 aromatic carbocycles. The van der Waals surface area contributed by atoms with Gasteiger partial charge in [0.15, 0.2) is 0 Å². The minimum Gasteiger partial charge on any atom is -0.230 e. The van der Waals surface area contributed by atoms with Gasteiger partial charge in [0.1, 0.15) is 5.69 Å². The third-order valence-electron chi connectivity index (χ3n) is 3.34. The van der Waals surface area contributed by atoms with E-state index in [9.17, 15) is 0 Å². The highest BCUT2D eigenvalue weighted by molar-refractivity contribution is 5.51. The Bertz CT molecular complexity index is 625. The summed E-state index contributed by atoms with van der Waals surface area (Å²) in [5, 5.41) is 4.73. The number of hydrogen-bond donors (Lipinski definition) is 0. The summed E-state index contributed by atoms with van der Waals surface area (Å²) in [5.41, 5.74) is 2.21. The highest BCUT2D eigenvalue weighted by Crippen LogP contribution is 2.15. The zero-order valence-electron chi connectivity index (χ0n) is 11.1. The van der Waals surface area contributed by atoms with Crippen LogP contribution in [0.2, 0.25) is 0 Å². The van der Waals surface area contributed by atoms with E-state index in [2.05, 4.69) is 35.8 Å². The van der Waals surface area contributed by atoms with Crippen molar-refractivity contribution in [3.63, 3.8) is 0 Å². The molecule has 3 aromatic rings. The fourth-order valence-corrected chi connectivity index (χ4v) is 2.18. The quantitative estimate of drug-likeness (QED) is 0.641. The van der Waals surface area contributed by atoms with Crippen LogP contribution in [-0.4, -0.2) is 9.78 Å². The molecule has 1 aromatic heterocycles. The van der Waals surface area contributed by atoms with Crippen molar-refractivity contribution in [2.24, 2.45) is 7.05 Å². The van der Waals surface area contributed by atoms with Crippen LogP contribution in [0, 0.1) is 6.92 Å². The molecule has 0 saturated carbocycles. The van der Waals surface area contributed by atoms with Crippen molar-refractivity contribution in [1.82, 2.24) is 9.78 Å². The first-order chi connectivity index (χ1) is 9.27. The average molecular weight is 250 g/mol. The molecule has 0 aliphatic rings. The Hall–Kier alpha value is -2.42. The summed E-state index contributed by atoms with van der Waals surface area (Å²) in [6.45, 7) is 2.08. The lowest BCUT2D eigenvalue weighted by Crippen LogP contribution is -2.32. The van der Waals surface area contributed by atoms with Crippen molar-refractivity contribution < 1.29 is 4.57 Å². The number of nitrogens with zero attached hydrogens (tertiary/aromatic N) is 3. The molecule has 94 valence electrons. The van der Waals surface area contributed by atoms with Gasteiger partial charge in [-0.3, -0.25) is 0 Å². The van der Waals surface area contributed by atoms with E-state index in [0.29, 0.717) is 0 Å². The average Bonchev–Trinajstić information content (AvgIpc) is 2.77. The lowest BCUT2D eigenvalue weighted by Gasteiger charge is -1.94. The van der Waals surface area contributed by atoms with Gasteiger partial charge in [0.2, 0.25) is 5.82 Å². The molecule has 0 unspecified atom stereocenters. The van der Waals surface area contributed by atoms with E-state index >= 15 is 0 Å². The Labute approximate surface area is 112 Å². The predicted octanol–water partition coefficient (Wildman–Crippen LogP) is 2.67. The fraction of sp³-hybridized carbons (Fsp3) is 0.125. The van der Waals surface area contributed by atoms with Gasteiger partial charge in [-0.05, 0) is 24.3 Å². The largest absolute Gasteiger partial charge is 0.309 e. The molecule has 3 nitrogen and oxygen atoms in total. The van der Waals surface area contributed by atoms with E-state index in [4.69, 9.17) is 5.10 Å². The first-order valence-corrected chi connectivity index (χ1v) is 6.34. The first kappa shape index (κ1) is 11.7. The molecule has 3 rings (SSSR count). The second kappa shape index (κ2) is 4.69. The number of para-hydroxylation sites is 1. The molecule has 0 atom stereocenters. The minimum absolute atomic E-state index is 0.974. The van der Waals surface area contributed by atoms with E-state index in [0.717, 1.165) is 22.9 Å². The van der Waals surface area contributed by atoms with Crippen LogP contribution in [0.15, 0.2) is 60.7 Å². The Balaban J connectivity index is 2.16. The molecule has 0 amide bonds. The fourth-order valence-electron chi connectivity index (χ4n) is 2.18. The SMILES string of the molecule is Cc1n(-c2ccccc2)nc(-c2ccccc2)[n+]1C. The van der Waals surface area contributed by atoms with Crippen LogP contribution in [0.3, 0.4) is 0 Å². The molecule has 0 saturated heterocycles. The molecule has 0 bridgehead atoms. The lowest BCUT2D eigenvalue weighted by molar-refractivity contribution is -0.667. The van der Waals surface area contributed by atoms with Crippen molar-refractivity contribution >= 4 is 0 Å². The van der Waals surface area contributed by atoms with Crippen LogP contribution in [0.5, 0.6) is 0 Å². The van der Waals surface area contributed by atoms with Gasteiger partial charge in [-0.2, -0.15) is 0 Å². The molecule has 0 aliphatic carbocycles. The van der Waals surface area contributed by atoms with E-state index in [-0.39, 0.29) is 0 Å². The Kier molecular flexibility index (Phi) is 2.88. The van der Waals surface area contributed by atoms with Crippen LogP contribution in [-0.2, 0) is 7.05 Å². The van der Waals surface area contributed by atoms with Gasteiger partial charge >= 0.3 is 5.82 Å². The molecule has 0 N–H and O–H groups in total. The van der Waals surface area contributed by atoms with Crippen molar-refractivity contribution in [3.8, 4) is 17.1 Å². The summed E-state index contributed by atoms with van der Waals surface area (Å²) >= 11 is 0.